The molecule has 0 radical (unpaired) electrons. The summed E-state index contributed by atoms with van der Waals surface area (Å²) in [5, 5.41) is 1.78. The van der Waals surface area contributed by atoms with Gasteiger partial charge in [-0.25, -0.2) is 8.96 Å². The van der Waals surface area contributed by atoms with Crippen molar-refractivity contribution in [3.05, 3.63) is 75.4 Å². The van der Waals surface area contributed by atoms with Crippen LogP contribution in [0.4, 0.5) is 18.9 Å². The van der Waals surface area contributed by atoms with Gasteiger partial charge in [0.2, 0.25) is 0 Å². The molecule has 14 heteroatoms. The van der Waals surface area contributed by atoms with Gasteiger partial charge in [-0.2, -0.15) is 21.6 Å². The Morgan fingerprint density at radius 1 is 1.02 bits per heavy atom. The fourth-order valence-corrected chi connectivity index (χ4v) is 7.90. The number of alkyl halides is 3. The number of ether oxygens (including phenoxy) is 1. The summed E-state index contributed by atoms with van der Waals surface area (Å²) in [5.74, 6) is 0.0585. The molecule has 1 aliphatic heterocycles. The van der Waals surface area contributed by atoms with E-state index in [-0.39, 0.29) is 39.2 Å². The van der Waals surface area contributed by atoms with Crippen molar-refractivity contribution >= 4 is 48.3 Å². The fraction of sp³-hybridized carbons (Fsp3) is 0.355. The summed E-state index contributed by atoms with van der Waals surface area (Å²) in [5.41, 5.74) is -4.31. The van der Waals surface area contributed by atoms with Crippen molar-refractivity contribution < 1.29 is 26.3 Å². The van der Waals surface area contributed by atoms with Gasteiger partial charge in [-0.3, -0.25) is 9.69 Å². The number of methoxy groups -OCH3 is 1. The number of fused-ring (bicyclic) bond motifs is 2. The summed E-state index contributed by atoms with van der Waals surface area (Å²) in [7, 11) is -2.40. The Bertz CT molecular complexity index is 2070. The van der Waals surface area contributed by atoms with Crippen molar-refractivity contribution in [3.8, 4) is 17.1 Å². The van der Waals surface area contributed by atoms with Crippen LogP contribution in [0.2, 0.25) is 0 Å². The van der Waals surface area contributed by atoms with Gasteiger partial charge in [0, 0.05) is 30.9 Å². The minimum absolute atomic E-state index is 0.0429. The predicted octanol–water partition coefficient (Wildman–Crippen LogP) is 5.67. The first kappa shape index (κ1) is 31.1. The maximum Gasteiger partial charge on any atom is 0.517 e. The van der Waals surface area contributed by atoms with Crippen LogP contribution in [0.5, 0.6) is 5.75 Å². The monoisotopic (exact) mass is 659 g/mol. The van der Waals surface area contributed by atoms with Crippen LogP contribution in [-0.2, 0) is 16.6 Å². The number of rotatable bonds is 6. The smallest absolute Gasteiger partial charge is 0.497 e. The maximum atomic E-state index is 14.3. The number of aryl methyl sites for hydroxylation is 1. The molecule has 1 saturated heterocycles. The average Bonchev–Trinajstić information content (AvgIpc) is 3.63. The molecule has 1 aliphatic rings. The van der Waals surface area contributed by atoms with Crippen molar-refractivity contribution in [2.24, 2.45) is 0 Å². The van der Waals surface area contributed by atoms with Crippen molar-refractivity contribution in [2.75, 3.05) is 32.1 Å². The summed E-state index contributed by atoms with van der Waals surface area (Å²) in [6.07, 6.45) is 0. The fourth-order valence-electron chi connectivity index (χ4n) is 6.01. The Morgan fingerprint density at radius 2 is 1.69 bits per heavy atom. The van der Waals surface area contributed by atoms with Crippen LogP contribution >= 0.6 is 11.3 Å². The van der Waals surface area contributed by atoms with E-state index in [1.807, 2.05) is 7.05 Å². The molecule has 0 amide bonds. The Kier molecular flexibility index (Phi) is 7.73. The lowest BCUT2D eigenvalue weighted by molar-refractivity contribution is -0.0444. The zero-order valence-electron chi connectivity index (χ0n) is 25.3. The second-order valence-electron chi connectivity index (χ2n) is 11.5. The van der Waals surface area contributed by atoms with E-state index >= 15 is 0 Å². The molecular weight excluding hydrogens is 628 g/mol. The minimum atomic E-state index is -5.98. The average molecular weight is 660 g/mol. The van der Waals surface area contributed by atoms with Crippen LogP contribution in [0.3, 0.4) is 0 Å². The first-order chi connectivity index (χ1) is 21.2. The molecule has 9 nitrogen and oxygen atoms in total. The van der Waals surface area contributed by atoms with E-state index in [0.29, 0.717) is 40.3 Å². The van der Waals surface area contributed by atoms with Crippen molar-refractivity contribution in [2.45, 2.75) is 44.9 Å². The number of anilines is 1. The minimum Gasteiger partial charge on any atom is -0.497 e. The van der Waals surface area contributed by atoms with Gasteiger partial charge in [0.05, 0.1) is 40.5 Å². The Hall–Kier alpha value is -3.88. The van der Waals surface area contributed by atoms with Gasteiger partial charge in [0.25, 0.3) is 5.56 Å². The molecule has 0 unspecified atom stereocenters. The molecule has 3 aromatic heterocycles. The Balaban J connectivity index is 1.59. The summed E-state index contributed by atoms with van der Waals surface area (Å²) >= 11 is 1.31. The zero-order valence-corrected chi connectivity index (χ0v) is 26.9. The van der Waals surface area contributed by atoms with Crippen molar-refractivity contribution in [1.82, 2.24) is 18.4 Å². The molecule has 0 spiro atoms. The quantitative estimate of drug-likeness (QED) is 0.232. The number of hydrogen-bond acceptors (Lipinski definition) is 8. The lowest BCUT2D eigenvalue weighted by atomic mass is 10.1. The van der Waals surface area contributed by atoms with E-state index in [9.17, 15) is 26.4 Å². The van der Waals surface area contributed by atoms with Crippen LogP contribution in [0.15, 0.2) is 58.7 Å². The SMILES string of the molecule is COc1ccc(Cn2c(=O)c(-c3nc4cc(N5C[C@@H](C)N(C)[C@@H](C)C5)ccc4n3S(=O)(=O)C(F)(F)F)c(C)c3sccc32)cc1. The number of thiophene rings is 1. The van der Waals surface area contributed by atoms with E-state index in [2.05, 4.69) is 28.6 Å². The third kappa shape index (κ3) is 5.18. The third-order valence-electron chi connectivity index (χ3n) is 8.69. The Morgan fingerprint density at radius 3 is 2.31 bits per heavy atom. The molecule has 0 N–H and O–H groups in total. The molecule has 0 bridgehead atoms. The lowest BCUT2D eigenvalue weighted by Gasteiger charge is -2.43. The van der Waals surface area contributed by atoms with Gasteiger partial charge in [-0.15, -0.1) is 11.3 Å². The largest absolute Gasteiger partial charge is 0.517 e. The normalized spacial score (nSPS) is 18.3. The highest BCUT2D eigenvalue weighted by molar-refractivity contribution is 7.91. The molecular formula is C31H32F3N5O4S2. The molecule has 45 heavy (non-hydrogen) atoms. The summed E-state index contributed by atoms with van der Waals surface area (Å²) in [6.45, 7) is 7.22. The molecule has 0 saturated carbocycles. The van der Waals surface area contributed by atoms with Gasteiger partial charge < -0.3 is 14.2 Å². The first-order valence-electron chi connectivity index (χ1n) is 14.3. The molecule has 0 aliphatic carbocycles. The van der Waals surface area contributed by atoms with Crippen LogP contribution < -0.4 is 15.2 Å². The standard InChI is InChI=1S/C31H32F3N5O4S2/c1-18-15-37(16-19(2)36(18)4)22-8-11-25-24(14-22)35-29(39(25)45(41,42)31(32,33)34)27-20(3)28-26(12-13-44-28)38(30(27)40)17-21-6-9-23(43-5)10-7-21/h6-14,18-19H,15-17H2,1-5H3/t18-,19+. The number of hydrogen-bond donors (Lipinski definition) is 0. The second-order valence-corrected chi connectivity index (χ2v) is 14.2. The van der Waals surface area contributed by atoms with Crippen LogP contribution in [-0.4, -0.2) is 71.7 Å². The van der Waals surface area contributed by atoms with E-state index in [0.717, 1.165) is 5.56 Å². The number of halogens is 3. The lowest BCUT2D eigenvalue weighted by Crippen LogP contribution is -2.55. The van der Waals surface area contributed by atoms with Gasteiger partial charge in [-0.05, 0) is 80.7 Å². The molecule has 1 fully saturated rings. The van der Waals surface area contributed by atoms with Crippen molar-refractivity contribution in [1.29, 1.82) is 0 Å². The molecule has 2 atom stereocenters. The third-order valence-corrected chi connectivity index (χ3v) is 11.1. The zero-order chi connectivity index (χ0) is 32.4. The van der Waals surface area contributed by atoms with Gasteiger partial charge in [0.1, 0.15) is 5.75 Å². The van der Waals surface area contributed by atoms with Crippen LogP contribution in [0, 0.1) is 6.92 Å². The maximum absolute atomic E-state index is 14.3. The molecule has 4 heterocycles. The van der Waals surface area contributed by atoms with Gasteiger partial charge in [-0.1, -0.05) is 12.1 Å². The number of aromatic nitrogens is 3. The topological polar surface area (TPSA) is 89.7 Å². The number of likely N-dealkylation sites (N-methyl/N-ethyl adjacent to an activating group) is 1. The predicted molar refractivity (Wildman–Crippen MR) is 171 cm³/mol. The van der Waals surface area contributed by atoms with Gasteiger partial charge >= 0.3 is 15.5 Å². The first-order valence-corrected chi connectivity index (χ1v) is 16.6. The summed E-state index contributed by atoms with van der Waals surface area (Å²) < 4.78 is 76.4. The highest BCUT2D eigenvalue weighted by atomic mass is 32.2. The van der Waals surface area contributed by atoms with Crippen molar-refractivity contribution in [3.63, 3.8) is 0 Å². The summed E-state index contributed by atoms with van der Waals surface area (Å²) in [6, 6.07) is 13.8. The molecule has 238 valence electrons. The Labute approximate surface area is 262 Å². The highest BCUT2D eigenvalue weighted by Gasteiger charge is 2.49. The van der Waals surface area contributed by atoms with Gasteiger partial charge in [0.15, 0.2) is 5.82 Å². The molecule has 5 aromatic rings. The van der Waals surface area contributed by atoms with Crippen LogP contribution in [0.1, 0.15) is 25.0 Å². The van der Waals surface area contributed by atoms with Crippen LogP contribution in [0.25, 0.3) is 32.6 Å². The number of pyridine rings is 1. The second kappa shape index (κ2) is 11.2. The van der Waals surface area contributed by atoms with E-state index in [1.54, 1.807) is 54.8 Å². The molecule has 2 aromatic carbocycles. The van der Waals surface area contributed by atoms with E-state index < -0.39 is 26.9 Å². The van der Waals surface area contributed by atoms with E-state index in [4.69, 9.17) is 4.74 Å². The number of imidazole rings is 1. The highest BCUT2D eigenvalue weighted by Crippen LogP contribution is 2.37. The van der Waals surface area contributed by atoms with E-state index in [1.165, 1.54) is 29.1 Å². The number of nitrogens with zero attached hydrogens (tertiary/aromatic N) is 5. The number of piperazine rings is 1. The number of benzene rings is 2. The summed E-state index contributed by atoms with van der Waals surface area (Å²) in [4.78, 5) is 23.1. The molecule has 6 rings (SSSR count).